The normalized spacial score (nSPS) is 13.9. The lowest BCUT2D eigenvalue weighted by atomic mass is 10.2. The Morgan fingerprint density at radius 3 is 2.86 bits per heavy atom. The number of fused-ring (bicyclic) bond motifs is 1. The van der Waals surface area contributed by atoms with Crippen LogP contribution >= 0.6 is 11.6 Å². The summed E-state index contributed by atoms with van der Waals surface area (Å²) in [7, 11) is 1.39. The summed E-state index contributed by atoms with van der Waals surface area (Å²) in [4.78, 5) is 13.4. The van der Waals surface area contributed by atoms with Crippen LogP contribution in [0.4, 0.5) is 0 Å². The van der Waals surface area contributed by atoms with Gasteiger partial charge in [0.05, 0.1) is 31.9 Å². The first-order valence-corrected chi connectivity index (χ1v) is 7.39. The van der Waals surface area contributed by atoms with Crippen molar-refractivity contribution in [1.29, 1.82) is 0 Å². The van der Waals surface area contributed by atoms with Crippen LogP contribution in [-0.2, 0) is 16.1 Å². The minimum absolute atomic E-state index is 0.249. The molecule has 2 rings (SSSR count). The van der Waals surface area contributed by atoms with E-state index in [-0.39, 0.29) is 12.5 Å². The number of methoxy groups -OCH3 is 1. The number of hydrogen-bond acceptors (Lipinski definition) is 5. The fourth-order valence-corrected chi connectivity index (χ4v) is 2.45. The Bertz CT molecular complexity index is 507. The molecule has 0 aromatic heterocycles. The lowest BCUT2D eigenvalue weighted by Gasteiger charge is -2.20. The molecule has 5 nitrogen and oxygen atoms in total. The molecule has 0 atom stereocenters. The van der Waals surface area contributed by atoms with Gasteiger partial charge in [-0.05, 0) is 24.2 Å². The van der Waals surface area contributed by atoms with Crippen LogP contribution in [0.1, 0.15) is 18.9 Å². The summed E-state index contributed by atoms with van der Waals surface area (Å²) < 4.78 is 16.0. The number of carbonyl (C=O) groups excluding carboxylic acids is 1. The first kappa shape index (κ1) is 15.9. The van der Waals surface area contributed by atoms with Gasteiger partial charge in [-0.3, -0.25) is 9.69 Å². The van der Waals surface area contributed by atoms with Crippen molar-refractivity contribution in [3.05, 3.63) is 22.7 Å². The van der Waals surface area contributed by atoms with Gasteiger partial charge in [0, 0.05) is 13.0 Å². The summed E-state index contributed by atoms with van der Waals surface area (Å²) in [6.45, 7) is 4.80. The van der Waals surface area contributed by atoms with Gasteiger partial charge >= 0.3 is 5.97 Å². The predicted molar refractivity (Wildman–Crippen MR) is 80.0 cm³/mol. The van der Waals surface area contributed by atoms with Crippen LogP contribution in [0.15, 0.2) is 12.1 Å². The fraction of sp³-hybridized carbons (Fsp3) is 0.533. The zero-order valence-corrected chi connectivity index (χ0v) is 13.1. The number of rotatable bonds is 5. The van der Waals surface area contributed by atoms with Crippen LogP contribution in [0.3, 0.4) is 0 Å². The molecule has 1 aromatic rings. The highest BCUT2D eigenvalue weighted by atomic mass is 35.5. The summed E-state index contributed by atoms with van der Waals surface area (Å²) >= 11 is 6.26. The van der Waals surface area contributed by atoms with Crippen LogP contribution < -0.4 is 9.47 Å². The number of carbonyl (C=O) groups is 1. The Kier molecular flexibility index (Phi) is 5.70. The number of ether oxygens (including phenoxy) is 3. The second-order valence-corrected chi connectivity index (χ2v) is 5.24. The van der Waals surface area contributed by atoms with Crippen molar-refractivity contribution in [1.82, 2.24) is 4.90 Å². The highest BCUT2D eigenvalue weighted by Crippen LogP contribution is 2.38. The van der Waals surface area contributed by atoms with Crippen molar-refractivity contribution < 1.29 is 19.0 Å². The molecule has 0 bridgehead atoms. The van der Waals surface area contributed by atoms with E-state index >= 15 is 0 Å². The molecular formula is C15H20ClNO4. The Labute approximate surface area is 129 Å². The van der Waals surface area contributed by atoms with Crippen molar-refractivity contribution in [2.24, 2.45) is 0 Å². The van der Waals surface area contributed by atoms with Crippen molar-refractivity contribution >= 4 is 17.6 Å². The second-order valence-electron chi connectivity index (χ2n) is 4.83. The van der Waals surface area contributed by atoms with Crippen molar-refractivity contribution in [3.8, 4) is 11.5 Å². The topological polar surface area (TPSA) is 48.0 Å². The maximum Gasteiger partial charge on any atom is 0.319 e. The molecule has 0 unspecified atom stereocenters. The average molecular weight is 314 g/mol. The molecule has 6 heteroatoms. The maximum atomic E-state index is 11.4. The summed E-state index contributed by atoms with van der Waals surface area (Å²) in [5, 5.41) is 0.540. The van der Waals surface area contributed by atoms with Gasteiger partial charge in [-0.15, -0.1) is 0 Å². The van der Waals surface area contributed by atoms with Crippen LogP contribution in [-0.4, -0.2) is 44.3 Å². The van der Waals surface area contributed by atoms with Crippen LogP contribution in [0, 0.1) is 0 Å². The van der Waals surface area contributed by atoms with Gasteiger partial charge in [0.1, 0.15) is 0 Å². The van der Waals surface area contributed by atoms with Gasteiger partial charge < -0.3 is 14.2 Å². The van der Waals surface area contributed by atoms with Gasteiger partial charge in [-0.1, -0.05) is 18.5 Å². The molecular weight excluding hydrogens is 294 g/mol. The SMILES string of the molecule is CCN(CC(=O)OC)Cc1cc(Cl)c2c(c1)OCCCO2. The van der Waals surface area contributed by atoms with E-state index in [0.29, 0.717) is 36.3 Å². The number of esters is 1. The molecule has 0 radical (unpaired) electrons. The largest absolute Gasteiger partial charge is 0.489 e. The first-order valence-electron chi connectivity index (χ1n) is 7.01. The Balaban J connectivity index is 2.14. The molecule has 1 aliphatic heterocycles. The van der Waals surface area contributed by atoms with Crippen molar-refractivity contribution in [2.45, 2.75) is 19.9 Å². The van der Waals surface area contributed by atoms with Gasteiger partial charge in [-0.25, -0.2) is 0 Å². The van der Waals surface area contributed by atoms with E-state index in [1.54, 1.807) is 0 Å². The summed E-state index contributed by atoms with van der Waals surface area (Å²) in [6, 6.07) is 3.78. The van der Waals surface area contributed by atoms with E-state index in [1.165, 1.54) is 7.11 Å². The van der Waals surface area contributed by atoms with E-state index in [2.05, 4.69) is 0 Å². The lowest BCUT2D eigenvalue weighted by molar-refractivity contribution is -0.142. The Morgan fingerprint density at radius 1 is 1.38 bits per heavy atom. The number of halogens is 1. The summed E-state index contributed by atoms with van der Waals surface area (Å²) in [5.74, 6) is 1.02. The van der Waals surface area contributed by atoms with E-state index in [4.69, 9.17) is 25.8 Å². The molecule has 0 saturated heterocycles. The molecule has 0 spiro atoms. The molecule has 0 fully saturated rings. The van der Waals surface area contributed by atoms with Gasteiger partial charge in [0.25, 0.3) is 0 Å². The number of benzene rings is 1. The zero-order chi connectivity index (χ0) is 15.2. The molecule has 0 amide bonds. The molecule has 0 saturated carbocycles. The standard InChI is InChI=1S/C15H20ClNO4/c1-3-17(10-14(18)19-2)9-11-7-12(16)15-13(8-11)20-5-4-6-21-15/h7-8H,3-6,9-10H2,1-2H3. The first-order chi connectivity index (χ1) is 10.1. The molecule has 21 heavy (non-hydrogen) atoms. The molecule has 116 valence electrons. The van der Waals surface area contributed by atoms with E-state index in [9.17, 15) is 4.79 Å². The van der Waals surface area contributed by atoms with Gasteiger partial charge in [0.2, 0.25) is 0 Å². The lowest BCUT2D eigenvalue weighted by Crippen LogP contribution is -2.30. The molecule has 0 N–H and O–H groups in total. The van der Waals surface area contributed by atoms with Crippen molar-refractivity contribution in [3.63, 3.8) is 0 Å². The molecule has 1 aromatic carbocycles. The fourth-order valence-electron chi connectivity index (χ4n) is 2.16. The highest BCUT2D eigenvalue weighted by molar-refractivity contribution is 6.32. The minimum Gasteiger partial charge on any atom is -0.489 e. The number of hydrogen-bond donors (Lipinski definition) is 0. The molecule has 1 heterocycles. The second kappa shape index (κ2) is 7.52. The smallest absolute Gasteiger partial charge is 0.319 e. The quantitative estimate of drug-likeness (QED) is 0.782. The van der Waals surface area contributed by atoms with E-state index in [1.807, 2.05) is 24.0 Å². The third-order valence-electron chi connectivity index (χ3n) is 3.30. The maximum absolute atomic E-state index is 11.4. The highest BCUT2D eigenvalue weighted by Gasteiger charge is 2.17. The van der Waals surface area contributed by atoms with E-state index < -0.39 is 0 Å². The predicted octanol–water partition coefficient (Wildman–Crippen LogP) is 2.50. The summed E-state index contributed by atoms with van der Waals surface area (Å²) in [6.07, 6.45) is 0.837. The van der Waals surface area contributed by atoms with Crippen LogP contribution in [0.2, 0.25) is 5.02 Å². The van der Waals surface area contributed by atoms with Gasteiger partial charge in [-0.2, -0.15) is 0 Å². The average Bonchev–Trinajstić information content (AvgIpc) is 2.72. The zero-order valence-electron chi connectivity index (χ0n) is 12.4. The monoisotopic (exact) mass is 313 g/mol. The number of nitrogens with zero attached hydrogens (tertiary/aromatic N) is 1. The van der Waals surface area contributed by atoms with Crippen LogP contribution in [0.25, 0.3) is 0 Å². The third-order valence-corrected chi connectivity index (χ3v) is 3.58. The minimum atomic E-state index is -0.253. The van der Waals surface area contributed by atoms with E-state index in [0.717, 1.165) is 18.5 Å². The third kappa shape index (κ3) is 4.25. The summed E-state index contributed by atoms with van der Waals surface area (Å²) in [5.41, 5.74) is 0.981. The van der Waals surface area contributed by atoms with Crippen molar-refractivity contribution in [2.75, 3.05) is 33.4 Å². The molecule has 0 aliphatic carbocycles. The Morgan fingerprint density at radius 2 is 2.14 bits per heavy atom. The number of likely N-dealkylation sites (N-methyl/N-ethyl adjacent to an activating group) is 1. The van der Waals surface area contributed by atoms with Gasteiger partial charge in [0.15, 0.2) is 11.5 Å². The van der Waals surface area contributed by atoms with Crippen LogP contribution in [0.5, 0.6) is 11.5 Å². The molecule has 1 aliphatic rings. The Hall–Kier alpha value is -1.46.